The number of esters is 1. The Labute approximate surface area is 103 Å². The van der Waals surface area contributed by atoms with Crippen LogP contribution in [0.15, 0.2) is 18.2 Å². The summed E-state index contributed by atoms with van der Waals surface area (Å²) in [6.07, 6.45) is -4.29. The van der Waals surface area contributed by atoms with E-state index >= 15 is 0 Å². The van der Waals surface area contributed by atoms with Crippen molar-refractivity contribution in [2.75, 3.05) is 7.11 Å². The third kappa shape index (κ3) is 4.27. The maximum absolute atomic E-state index is 12.1. The lowest BCUT2D eigenvalue weighted by Crippen LogP contribution is -2.18. The van der Waals surface area contributed by atoms with E-state index in [9.17, 15) is 18.0 Å². The molecular weight excluding hydrogens is 249 g/mol. The van der Waals surface area contributed by atoms with Crippen molar-refractivity contribution in [1.29, 1.82) is 0 Å². The monoisotopic (exact) mass is 262 g/mol. The molecule has 1 aromatic carbocycles. The zero-order valence-corrected chi connectivity index (χ0v) is 10.0. The van der Waals surface area contributed by atoms with Gasteiger partial charge in [-0.15, -0.1) is 13.2 Å². The summed E-state index contributed by atoms with van der Waals surface area (Å²) in [5, 5.41) is 0. The average molecular weight is 262 g/mol. The van der Waals surface area contributed by atoms with Gasteiger partial charge < -0.3 is 9.47 Å². The van der Waals surface area contributed by atoms with E-state index in [2.05, 4.69) is 9.47 Å². The molecule has 0 atom stereocenters. The lowest BCUT2D eigenvalue weighted by Gasteiger charge is -2.13. The molecule has 0 unspecified atom stereocenters. The number of halogens is 3. The van der Waals surface area contributed by atoms with Crippen molar-refractivity contribution in [2.24, 2.45) is 0 Å². The van der Waals surface area contributed by atoms with Crippen LogP contribution in [0.4, 0.5) is 13.2 Å². The average Bonchev–Trinajstić information content (AvgIpc) is 2.28. The first-order valence-electron chi connectivity index (χ1n) is 5.24. The molecule has 100 valence electrons. The fourth-order valence-electron chi connectivity index (χ4n) is 1.50. The number of hydrogen-bond acceptors (Lipinski definition) is 3. The first kappa shape index (κ1) is 14.3. The Morgan fingerprint density at radius 3 is 2.56 bits per heavy atom. The summed E-state index contributed by atoms with van der Waals surface area (Å²) < 4.78 is 44.7. The van der Waals surface area contributed by atoms with Gasteiger partial charge in [0, 0.05) is 6.42 Å². The predicted octanol–water partition coefficient (Wildman–Crippen LogP) is 3.00. The summed E-state index contributed by atoms with van der Waals surface area (Å²) in [6.45, 7) is 1.52. The molecule has 0 bridgehead atoms. The van der Waals surface area contributed by atoms with Crippen molar-refractivity contribution in [2.45, 2.75) is 26.1 Å². The quantitative estimate of drug-likeness (QED) is 0.782. The highest BCUT2D eigenvalue weighted by Crippen LogP contribution is 2.28. The number of ether oxygens (including phenoxy) is 2. The summed E-state index contributed by atoms with van der Waals surface area (Å²) >= 11 is 0. The predicted molar refractivity (Wildman–Crippen MR) is 58.2 cm³/mol. The fourth-order valence-corrected chi connectivity index (χ4v) is 1.50. The number of benzene rings is 1. The number of carbonyl (C=O) groups excluding carboxylic acids is 1. The molecule has 1 aromatic rings. The fraction of sp³-hybridized carbons (Fsp3) is 0.417. The molecule has 0 heterocycles. The first-order chi connectivity index (χ1) is 8.33. The van der Waals surface area contributed by atoms with Crippen LogP contribution in [-0.4, -0.2) is 19.4 Å². The molecule has 1 rings (SSSR count). The molecule has 0 amide bonds. The Morgan fingerprint density at radius 2 is 2.00 bits per heavy atom. The third-order valence-electron chi connectivity index (χ3n) is 2.45. The minimum atomic E-state index is -4.72. The van der Waals surface area contributed by atoms with Crippen LogP contribution in [-0.2, 0) is 16.0 Å². The van der Waals surface area contributed by atoms with Crippen LogP contribution >= 0.6 is 0 Å². The van der Waals surface area contributed by atoms with Gasteiger partial charge in [-0.05, 0) is 30.5 Å². The molecule has 3 nitrogen and oxygen atoms in total. The molecule has 6 heteroatoms. The molecule has 0 aromatic heterocycles. The highest BCUT2D eigenvalue weighted by atomic mass is 19.4. The Kier molecular flexibility index (Phi) is 4.58. The molecule has 0 aliphatic heterocycles. The molecule has 0 N–H and O–H groups in total. The van der Waals surface area contributed by atoms with Gasteiger partial charge in [0.25, 0.3) is 0 Å². The van der Waals surface area contributed by atoms with Gasteiger partial charge in [0.05, 0.1) is 7.11 Å². The Bertz CT molecular complexity index is 427. The van der Waals surface area contributed by atoms with Crippen LogP contribution in [0.2, 0.25) is 0 Å². The lowest BCUT2D eigenvalue weighted by molar-refractivity contribution is -0.274. The van der Waals surface area contributed by atoms with Gasteiger partial charge in [0.2, 0.25) is 0 Å². The summed E-state index contributed by atoms with van der Waals surface area (Å²) in [7, 11) is 1.26. The van der Waals surface area contributed by atoms with Gasteiger partial charge in [-0.2, -0.15) is 0 Å². The molecule has 0 saturated carbocycles. The number of alkyl halides is 3. The third-order valence-corrected chi connectivity index (χ3v) is 2.45. The second-order valence-electron chi connectivity index (χ2n) is 3.66. The van der Waals surface area contributed by atoms with Crippen LogP contribution in [0.5, 0.6) is 5.75 Å². The Hall–Kier alpha value is -1.72. The van der Waals surface area contributed by atoms with E-state index in [0.29, 0.717) is 17.5 Å². The number of rotatable bonds is 4. The molecule has 0 aliphatic carbocycles. The van der Waals surface area contributed by atoms with E-state index in [1.807, 2.05) is 0 Å². The van der Waals surface area contributed by atoms with E-state index in [1.54, 1.807) is 6.07 Å². The normalized spacial score (nSPS) is 11.2. The van der Waals surface area contributed by atoms with Crippen LogP contribution in [0.25, 0.3) is 0 Å². The number of carbonyl (C=O) groups is 1. The Morgan fingerprint density at radius 1 is 1.33 bits per heavy atom. The lowest BCUT2D eigenvalue weighted by atomic mass is 10.0. The van der Waals surface area contributed by atoms with Gasteiger partial charge in [0.1, 0.15) is 5.75 Å². The molecular formula is C12H13F3O3. The van der Waals surface area contributed by atoms with Gasteiger partial charge in [-0.25, -0.2) is 0 Å². The number of aryl methyl sites for hydroxylation is 1. The number of methoxy groups -OCH3 is 1. The summed E-state index contributed by atoms with van der Waals surface area (Å²) in [4.78, 5) is 11.0. The van der Waals surface area contributed by atoms with Crippen molar-refractivity contribution in [1.82, 2.24) is 0 Å². The molecule has 0 radical (unpaired) electrons. The van der Waals surface area contributed by atoms with Gasteiger partial charge in [-0.1, -0.05) is 12.1 Å². The van der Waals surface area contributed by atoms with Crippen molar-refractivity contribution in [3.05, 3.63) is 29.3 Å². The van der Waals surface area contributed by atoms with E-state index in [4.69, 9.17) is 0 Å². The van der Waals surface area contributed by atoms with Gasteiger partial charge in [0.15, 0.2) is 0 Å². The zero-order chi connectivity index (χ0) is 13.8. The zero-order valence-electron chi connectivity index (χ0n) is 10.0. The highest BCUT2D eigenvalue weighted by molar-refractivity contribution is 5.69. The van der Waals surface area contributed by atoms with E-state index in [-0.39, 0.29) is 12.2 Å². The largest absolute Gasteiger partial charge is 0.573 e. The van der Waals surface area contributed by atoms with Crippen LogP contribution in [0, 0.1) is 6.92 Å². The minimum absolute atomic E-state index is 0.118. The summed E-state index contributed by atoms with van der Waals surface area (Å²) in [6, 6.07) is 4.35. The first-order valence-corrected chi connectivity index (χ1v) is 5.24. The molecule has 0 aliphatic rings. The molecule has 0 spiro atoms. The highest BCUT2D eigenvalue weighted by Gasteiger charge is 2.31. The molecule has 0 fully saturated rings. The summed E-state index contributed by atoms with van der Waals surface area (Å²) in [5.74, 6) is -0.651. The van der Waals surface area contributed by atoms with Crippen molar-refractivity contribution in [3.8, 4) is 5.75 Å². The molecule has 0 saturated heterocycles. The van der Waals surface area contributed by atoms with Crippen molar-refractivity contribution < 1.29 is 27.4 Å². The SMILES string of the molecule is COC(=O)CCc1cccc(OC(F)(F)F)c1C. The minimum Gasteiger partial charge on any atom is -0.469 e. The maximum atomic E-state index is 12.1. The van der Waals surface area contributed by atoms with Gasteiger partial charge in [-0.3, -0.25) is 4.79 Å². The smallest absolute Gasteiger partial charge is 0.469 e. The van der Waals surface area contributed by atoms with Crippen molar-refractivity contribution >= 4 is 5.97 Å². The summed E-state index contributed by atoms with van der Waals surface area (Å²) in [5.41, 5.74) is 1.00. The standard InChI is InChI=1S/C12H13F3O3/c1-8-9(6-7-11(16)17-2)4-3-5-10(8)18-12(13,14)15/h3-5H,6-7H2,1-2H3. The second-order valence-corrected chi connectivity index (χ2v) is 3.66. The number of hydrogen-bond donors (Lipinski definition) is 0. The van der Waals surface area contributed by atoms with Crippen LogP contribution in [0.3, 0.4) is 0 Å². The maximum Gasteiger partial charge on any atom is 0.573 e. The van der Waals surface area contributed by atoms with E-state index in [0.717, 1.165) is 0 Å². The van der Waals surface area contributed by atoms with E-state index in [1.165, 1.54) is 26.2 Å². The molecule has 18 heavy (non-hydrogen) atoms. The van der Waals surface area contributed by atoms with Gasteiger partial charge >= 0.3 is 12.3 Å². The second kappa shape index (κ2) is 5.75. The Balaban J connectivity index is 2.82. The van der Waals surface area contributed by atoms with E-state index < -0.39 is 12.3 Å². The van der Waals surface area contributed by atoms with Crippen LogP contribution in [0.1, 0.15) is 17.5 Å². The van der Waals surface area contributed by atoms with Crippen molar-refractivity contribution in [3.63, 3.8) is 0 Å². The van der Waals surface area contributed by atoms with Crippen LogP contribution < -0.4 is 4.74 Å². The topological polar surface area (TPSA) is 35.5 Å².